The Hall–Kier alpha value is -2.15. The van der Waals surface area contributed by atoms with E-state index in [0.717, 1.165) is 6.08 Å². The van der Waals surface area contributed by atoms with Crippen molar-refractivity contribution in [1.82, 2.24) is 0 Å². The van der Waals surface area contributed by atoms with Gasteiger partial charge in [0, 0.05) is 19.8 Å². The third-order valence-corrected chi connectivity index (χ3v) is 3.42. The van der Waals surface area contributed by atoms with Crippen LogP contribution in [-0.2, 0) is 14.3 Å². The first-order chi connectivity index (χ1) is 9.97. The molecule has 0 heterocycles. The van der Waals surface area contributed by atoms with Crippen LogP contribution in [0.3, 0.4) is 0 Å². The van der Waals surface area contributed by atoms with Gasteiger partial charge in [0.1, 0.15) is 5.76 Å². The fourth-order valence-electron chi connectivity index (χ4n) is 2.22. The Bertz CT molecular complexity index is 598. The van der Waals surface area contributed by atoms with Crippen molar-refractivity contribution in [2.24, 2.45) is 0 Å². The lowest BCUT2D eigenvalue weighted by atomic mass is 9.89. The average molecular weight is 292 g/mol. The number of rotatable bonds is 3. The van der Waals surface area contributed by atoms with Crippen molar-refractivity contribution < 1.29 is 29.6 Å². The van der Waals surface area contributed by atoms with Gasteiger partial charge < -0.3 is 24.8 Å². The van der Waals surface area contributed by atoms with Crippen LogP contribution >= 0.6 is 0 Å². The maximum atomic E-state index is 12.2. The van der Waals surface area contributed by atoms with E-state index in [2.05, 4.69) is 0 Å². The first-order valence-corrected chi connectivity index (χ1v) is 6.20. The predicted molar refractivity (Wildman–Crippen MR) is 74.5 cm³/mol. The van der Waals surface area contributed by atoms with Gasteiger partial charge in [-0.15, -0.1) is 0 Å². The molecule has 21 heavy (non-hydrogen) atoms. The standard InChI is InChI=1S/C15H16O6/c1-20-15(21-2)11(16)8-10(13(18)14(15)19)12(17)9-6-4-3-5-7-9/h3-8,14,16-17,19H,1-2H3. The molecule has 3 N–H and O–H groups in total. The van der Waals surface area contributed by atoms with Crippen LogP contribution in [0.5, 0.6) is 0 Å². The van der Waals surface area contributed by atoms with Crippen LogP contribution < -0.4 is 0 Å². The zero-order valence-corrected chi connectivity index (χ0v) is 11.6. The van der Waals surface area contributed by atoms with Crippen LogP contribution in [0, 0.1) is 0 Å². The summed E-state index contributed by atoms with van der Waals surface area (Å²) in [6, 6.07) is 8.33. The van der Waals surface area contributed by atoms with Gasteiger partial charge in [0.2, 0.25) is 5.78 Å². The number of methoxy groups -OCH3 is 2. The Morgan fingerprint density at radius 2 is 1.76 bits per heavy atom. The van der Waals surface area contributed by atoms with Crippen molar-refractivity contribution >= 4 is 11.5 Å². The van der Waals surface area contributed by atoms with E-state index in [-0.39, 0.29) is 11.3 Å². The largest absolute Gasteiger partial charge is 0.507 e. The summed E-state index contributed by atoms with van der Waals surface area (Å²) in [5.41, 5.74) is 0.176. The van der Waals surface area contributed by atoms with Crippen molar-refractivity contribution in [2.45, 2.75) is 11.9 Å². The molecule has 2 rings (SSSR count). The number of hydrogen-bond acceptors (Lipinski definition) is 6. The van der Waals surface area contributed by atoms with Gasteiger partial charge in [-0.05, 0) is 6.08 Å². The number of ketones is 1. The van der Waals surface area contributed by atoms with Gasteiger partial charge in [0.25, 0.3) is 5.79 Å². The van der Waals surface area contributed by atoms with Gasteiger partial charge in [-0.3, -0.25) is 4.79 Å². The van der Waals surface area contributed by atoms with Crippen molar-refractivity contribution in [3.63, 3.8) is 0 Å². The predicted octanol–water partition coefficient (Wildman–Crippen LogP) is 1.33. The molecule has 0 aliphatic heterocycles. The summed E-state index contributed by atoms with van der Waals surface area (Å²) in [5.74, 6) is -3.61. The molecule has 0 radical (unpaired) electrons. The number of Topliss-reactive ketones (excluding diaryl/α,β-unsaturated/α-hetero) is 1. The molecule has 0 amide bonds. The fourth-order valence-corrected chi connectivity index (χ4v) is 2.22. The SMILES string of the molecule is COC1(OC)C(O)=CC(=C(O)c2ccccc2)C(=O)C1O. The molecule has 1 aliphatic carbocycles. The third-order valence-electron chi connectivity index (χ3n) is 3.42. The number of benzene rings is 1. The van der Waals surface area contributed by atoms with Crippen LogP contribution in [0.4, 0.5) is 0 Å². The Morgan fingerprint density at radius 1 is 1.19 bits per heavy atom. The molecular formula is C15H16O6. The maximum absolute atomic E-state index is 12.2. The second-order valence-electron chi connectivity index (χ2n) is 4.50. The summed E-state index contributed by atoms with van der Waals surface area (Å²) in [7, 11) is 2.38. The Kier molecular flexibility index (Phi) is 4.13. The highest BCUT2D eigenvalue weighted by molar-refractivity contribution is 6.08. The van der Waals surface area contributed by atoms with E-state index in [1.165, 1.54) is 14.2 Å². The molecule has 0 saturated carbocycles. The number of carbonyl (C=O) groups is 1. The van der Waals surface area contributed by atoms with Gasteiger partial charge in [0.15, 0.2) is 11.9 Å². The number of hydrogen-bond donors (Lipinski definition) is 3. The molecule has 0 aromatic heterocycles. The number of ether oxygens (including phenoxy) is 2. The normalized spacial score (nSPS) is 23.7. The summed E-state index contributed by atoms with van der Waals surface area (Å²) < 4.78 is 9.88. The second kappa shape index (κ2) is 5.69. The summed E-state index contributed by atoms with van der Waals surface area (Å²) >= 11 is 0. The third kappa shape index (κ3) is 2.33. The molecule has 0 fully saturated rings. The number of carbonyl (C=O) groups excluding carboxylic acids is 1. The minimum Gasteiger partial charge on any atom is -0.507 e. The highest BCUT2D eigenvalue weighted by Gasteiger charge is 2.51. The monoisotopic (exact) mass is 292 g/mol. The average Bonchev–Trinajstić information content (AvgIpc) is 2.52. The summed E-state index contributed by atoms with van der Waals surface area (Å²) in [6.45, 7) is 0. The molecule has 1 aliphatic rings. The van der Waals surface area contributed by atoms with Crippen LogP contribution in [0.25, 0.3) is 5.76 Å². The lowest BCUT2D eigenvalue weighted by Gasteiger charge is -2.36. The van der Waals surface area contributed by atoms with E-state index in [0.29, 0.717) is 5.56 Å². The molecule has 0 bridgehead atoms. The van der Waals surface area contributed by atoms with Crippen molar-refractivity contribution in [1.29, 1.82) is 0 Å². The zero-order chi connectivity index (χ0) is 15.6. The van der Waals surface area contributed by atoms with Gasteiger partial charge in [-0.2, -0.15) is 0 Å². The van der Waals surface area contributed by atoms with E-state index in [9.17, 15) is 20.1 Å². The van der Waals surface area contributed by atoms with E-state index < -0.39 is 23.4 Å². The summed E-state index contributed by atoms with van der Waals surface area (Å²) in [4.78, 5) is 12.2. The van der Waals surface area contributed by atoms with Gasteiger partial charge in [0.05, 0.1) is 5.57 Å². The molecule has 0 spiro atoms. The highest BCUT2D eigenvalue weighted by atomic mass is 16.7. The van der Waals surface area contributed by atoms with Crippen LogP contribution in [-0.4, -0.2) is 47.2 Å². The number of aliphatic hydroxyl groups is 3. The van der Waals surface area contributed by atoms with Crippen molar-refractivity contribution in [3.8, 4) is 0 Å². The lowest BCUT2D eigenvalue weighted by Crippen LogP contribution is -2.54. The minimum atomic E-state index is -1.96. The first kappa shape index (κ1) is 15.2. The minimum absolute atomic E-state index is 0.212. The zero-order valence-electron chi connectivity index (χ0n) is 11.6. The Morgan fingerprint density at radius 3 is 2.29 bits per heavy atom. The van der Waals surface area contributed by atoms with Gasteiger partial charge in [-0.1, -0.05) is 30.3 Å². The summed E-state index contributed by atoms with van der Waals surface area (Å²) in [5, 5.41) is 30.3. The van der Waals surface area contributed by atoms with Crippen LogP contribution in [0.15, 0.2) is 47.7 Å². The molecule has 6 heteroatoms. The fraction of sp³-hybridized carbons (Fsp3) is 0.267. The quantitative estimate of drug-likeness (QED) is 0.442. The molecule has 1 aromatic rings. The van der Waals surface area contributed by atoms with Crippen LogP contribution in [0.2, 0.25) is 0 Å². The maximum Gasteiger partial charge on any atom is 0.261 e. The smallest absolute Gasteiger partial charge is 0.261 e. The van der Waals surface area contributed by atoms with Gasteiger partial charge >= 0.3 is 0 Å². The first-order valence-electron chi connectivity index (χ1n) is 6.20. The Balaban J connectivity index is 2.58. The molecule has 1 atom stereocenters. The van der Waals surface area contributed by atoms with Crippen molar-refractivity contribution in [3.05, 3.63) is 53.3 Å². The molecule has 6 nitrogen and oxygen atoms in total. The molecule has 1 unspecified atom stereocenters. The Labute approximate surface area is 121 Å². The lowest BCUT2D eigenvalue weighted by molar-refractivity contribution is -0.244. The second-order valence-corrected chi connectivity index (χ2v) is 4.50. The topological polar surface area (TPSA) is 96.2 Å². The highest BCUT2D eigenvalue weighted by Crippen LogP contribution is 2.34. The molecule has 0 saturated heterocycles. The molecule has 112 valence electrons. The van der Waals surface area contributed by atoms with E-state index in [4.69, 9.17) is 9.47 Å². The molecular weight excluding hydrogens is 276 g/mol. The number of aliphatic hydroxyl groups excluding tert-OH is 3. The van der Waals surface area contributed by atoms with Crippen molar-refractivity contribution in [2.75, 3.05) is 14.2 Å². The van der Waals surface area contributed by atoms with Crippen LogP contribution in [0.1, 0.15) is 5.56 Å². The van der Waals surface area contributed by atoms with Gasteiger partial charge in [-0.25, -0.2) is 0 Å². The van der Waals surface area contributed by atoms with E-state index >= 15 is 0 Å². The molecule has 1 aromatic carbocycles. The summed E-state index contributed by atoms with van der Waals surface area (Å²) in [6.07, 6.45) is -0.761. The van der Waals surface area contributed by atoms with E-state index in [1.54, 1.807) is 30.3 Å². The number of allylic oxidation sites excluding steroid dienone is 1. The van der Waals surface area contributed by atoms with E-state index in [1.807, 2.05) is 0 Å².